The molecule has 1 aromatic heterocycles. The number of nitrogens with zero attached hydrogens (tertiary/aromatic N) is 3. The highest BCUT2D eigenvalue weighted by molar-refractivity contribution is 7.98. The normalized spacial score (nSPS) is 10.4. The van der Waals surface area contributed by atoms with E-state index in [2.05, 4.69) is 20.3 Å². The third-order valence-corrected chi connectivity index (χ3v) is 4.43. The minimum absolute atomic E-state index is 0.202. The van der Waals surface area contributed by atoms with Gasteiger partial charge in [-0.2, -0.15) is 26.7 Å². The van der Waals surface area contributed by atoms with Crippen LogP contribution in [0.15, 0.2) is 54.6 Å². The molecule has 140 valence electrons. The first-order valence-electron chi connectivity index (χ1n) is 8.40. The second kappa shape index (κ2) is 9.63. The second-order valence-corrected chi connectivity index (χ2v) is 6.61. The molecular weight excluding hydrogens is 362 g/mol. The zero-order chi connectivity index (χ0) is 18.9. The van der Waals surface area contributed by atoms with E-state index in [1.165, 1.54) is 0 Å². The molecule has 0 aliphatic carbocycles. The molecular formula is C19H21N5O2S. The molecule has 0 saturated carbocycles. The molecule has 0 aliphatic rings. The Morgan fingerprint density at radius 3 is 2.44 bits per heavy atom. The molecule has 27 heavy (non-hydrogen) atoms. The van der Waals surface area contributed by atoms with Gasteiger partial charge in [-0.1, -0.05) is 18.2 Å². The average molecular weight is 383 g/mol. The Labute approximate surface area is 162 Å². The van der Waals surface area contributed by atoms with Crippen molar-refractivity contribution >= 4 is 29.3 Å². The fraction of sp³-hybridized carbons (Fsp3) is 0.211. The quantitative estimate of drug-likeness (QED) is 0.542. The second-order valence-electron chi connectivity index (χ2n) is 5.50. The third-order valence-electron chi connectivity index (χ3n) is 3.52. The first kappa shape index (κ1) is 18.8. The summed E-state index contributed by atoms with van der Waals surface area (Å²) >= 11 is 1.67. The largest absolute Gasteiger partial charge is 0.497 e. The predicted octanol–water partition coefficient (Wildman–Crippen LogP) is 3.52. The molecule has 2 aromatic carbocycles. The van der Waals surface area contributed by atoms with Crippen LogP contribution in [0.5, 0.6) is 11.5 Å². The standard InChI is InChI=1S/C19H21N5O2S/c1-25-15-7-9-16(10-8-15)26-11-12-27-13-17-22-18(20)24-19(23-17)21-14-5-3-2-4-6-14/h2-10H,11-13H2,1H3,(H3,20,21,22,23,24). The van der Waals surface area contributed by atoms with Gasteiger partial charge in [0.25, 0.3) is 0 Å². The monoisotopic (exact) mass is 383 g/mol. The molecule has 0 unspecified atom stereocenters. The van der Waals surface area contributed by atoms with Crippen LogP contribution in [0.3, 0.4) is 0 Å². The lowest BCUT2D eigenvalue weighted by molar-refractivity contribution is 0.342. The van der Waals surface area contributed by atoms with E-state index >= 15 is 0 Å². The number of hydrogen-bond donors (Lipinski definition) is 2. The third kappa shape index (κ3) is 6.03. The van der Waals surface area contributed by atoms with Crippen molar-refractivity contribution in [1.29, 1.82) is 0 Å². The summed E-state index contributed by atoms with van der Waals surface area (Å²) in [5, 5.41) is 3.13. The van der Waals surface area contributed by atoms with Crippen LogP contribution in [0.4, 0.5) is 17.6 Å². The van der Waals surface area contributed by atoms with E-state index < -0.39 is 0 Å². The summed E-state index contributed by atoms with van der Waals surface area (Å²) in [5.74, 6) is 4.34. The number of thioether (sulfide) groups is 1. The van der Waals surface area contributed by atoms with Crippen molar-refractivity contribution in [3.63, 3.8) is 0 Å². The zero-order valence-corrected chi connectivity index (χ0v) is 15.8. The minimum Gasteiger partial charge on any atom is -0.497 e. The number of nitrogen functional groups attached to an aromatic ring is 1. The molecule has 0 fully saturated rings. The SMILES string of the molecule is COc1ccc(OCCSCc2nc(N)nc(Nc3ccccc3)n2)cc1. The van der Waals surface area contributed by atoms with Crippen molar-refractivity contribution < 1.29 is 9.47 Å². The van der Waals surface area contributed by atoms with E-state index in [1.807, 2.05) is 54.6 Å². The van der Waals surface area contributed by atoms with Crippen LogP contribution < -0.4 is 20.5 Å². The number of ether oxygens (including phenoxy) is 2. The maximum Gasteiger partial charge on any atom is 0.232 e. The fourth-order valence-electron chi connectivity index (χ4n) is 2.26. The summed E-state index contributed by atoms with van der Waals surface area (Å²) in [5.41, 5.74) is 6.69. The van der Waals surface area contributed by atoms with E-state index in [-0.39, 0.29) is 5.95 Å². The van der Waals surface area contributed by atoms with Gasteiger partial charge in [-0.25, -0.2) is 0 Å². The highest BCUT2D eigenvalue weighted by atomic mass is 32.2. The lowest BCUT2D eigenvalue weighted by Crippen LogP contribution is -2.07. The molecule has 0 atom stereocenters. The number of rotatable bonds is 9. The summed E-state index contributed by atoms with van der Waals surface area (Å²) in [6.07, 6.45) is 0. The topological polar surface area (TPSA) is 95.2 Å². The average Bonchev–Trinajstić information content (AvgIpc) is 2.68. The fourth-order valence-corrected chi connectivity index (χ4v) is 2.92. The molecule has 1 heterocycles. The maximum absolute atomic E-state index is 5.80. The van der Waals surface area contributed by atoms with Gasteiger partial charge in [0.05, 0.1) is 19.5 Å². The molecule has 8 heteroatoms. The highest BCUT2D eigenvalue weighted by Crippen LogP contribution is 2.18. The number of anilines is 3. The Hall–Kier alpha value is -3.00. The van der Waals surface area contributed by atoms with Gasteiger partial charge in [0.2, 0.25) is 11.9 Å². The number of benzene rings is 2. The number of hydrogen-bond acceptors (Lipinski definition) is 8. The number of nitrogens with two attached hydrogens (primary N) is 1. The van der Waals surface area contributed by atoms with Gasteiger partial charge in [-0.15, -0.1) is 0 Å². The Bertz CT molecular complexity index is 846. The van der Waals surface area contributed by atoms with Crippen LogP contribution in [0.1, 0.15) is 5.82 Å². The van der Waals surface area contributed by atoms with E-state index in [0.29, 0.717) is 24.1 Å². The van der Waals surface area contributed by atoms with Crippen LogP contribution in [-0.2, 0) is 5.75 Å². The summed E-state index contributed by atoms with van der Waals surface area (Å²) in [7, 11) is 1.64. The van der Waals surface area contributed by atoms with Crippen molar-refractivity contribution in [3.8, 4) is 11.5 Å². The highest BCUT2D eigenvalue weighted by Gasteiger charge is 2.05. The Morgan fingerprint density at radius 2 is 1.70 bits per heavy atom. The summed E-state index contributed by atoms with van der Waals surface area (Å²) in [4.78, 5) is 12.7. The van der Waals surface area contributed by atoms with Gasteiger partial charge in [-0.05, 0) is 36.4 Å². The molecule has 0 amide bonds. The van der Waals surface area contributed by atoms with Gasteiger partial charge in [0.15, 0.2) is 0 Å². The van der Waals surface area contributed by atoms with Crippen molar-refractivity contribution in [1.82, 2.24) is 15.0 Å². The van der Waals surface area contributed by atoms with Gasteiger partial charge >= 0.3 is 0 Å². The van der Waals surface area contributed by atoms with E-state index in [4.69, 9.17) is 15.2 Å². The lowest BCUT2D eigenvalue weighted by Gasteiger charge is -2.08. The van der Waals surface area contributed by atoms with Gasteiger partial charge in [0.1, 0.15) is 17.3 Å². The van der Waals surface area contributed by atoms with Crippen molar-refractivity contribution in [2.45, 2.75) is 5.75 Å². The van der Waals surface area contributed by atoms with Crippen molar-refractivity contribution in [3.05, 3.63) is 60.4 Å². The van der Waals surface area contributed by atoms with Crippen molar-refractivity contribution in [2.24, 2.45) is 0 Å². The molecule has 0 spiro atoms. The van der Waals surface area contributed by atoms with Gasteiger partial charge in [-0.3, -0.25) is 0 Å². The molecule has 3 aromatic rings. The summed E-state index contributed by atoms with van der Waals surface area (Å²) in [6.45, 7) is 0.590. The molecule has 0 aliphatic heterocycles. The van der Waals surface area contributed by atoms with Gasteiger partial charge < -0.3 is 20.5 Å². The zero-order valence-electron chi connectivity index (χ0n) is 15.0. The number of para-hydroxylation sites is 1. The van der Waals surface area contributed by atoms with Crippen LogP contribution in [0, 0.1) is 0 Å². The van der Waals surface area contributed by atoms with Crippen LogP contribution in [0.2, 0.25) is 0 Å². The van der Waals surface area contributed by atoms with Gasteiger partial charge in [0, 0.05) is 11.4 Å². The Kier molecular flexibility index (Phi) is 6.70. The van der Waals surface area contributed by atoms with E-state index in [9.17, 15) is 0 Å². The summed E-state index contributed by atoms with van der Waals surface area (Å²) < 4.78 is 10.8. The summed E-state index contributed by atoms with van der Waals surface area (Å²) in [6, 6.07) is 17.2. The first-order valence-corrected chi connectivity index (χ1v) is 9.55. The minimum atomic E-state index is 0.202. The van der Waals surface area contributed by atoms with Crippen LogP contribution >= 0.6 is 11.8 Å². The molecule has 7 nitrogen and oxygen atoms in total. The van der Waals surface area contributed by atoms with Crippen LogP contribution in [0.25, 0.3) is 0 Å². The Balaban J connectivity index is 1.46. The molecule has 0 radical (unpaired) electrons. The van der Waals surface area contributed by atoms with Crippen molar-refractivity contribution in [2.75, 3.05) is 30.5 Å². The smallest absolute Gasteiger partial charge is 0.232 e. The lowest BCUT2D eigenvalue weighted by atomic mass is 10.3. The number of aromatic nitrogens is 3. The predicted molar refractivity (Wildman–Crippen MR) is 109 cm³/mol. The van der Waals surface area contributed by atoms with Crippen LogP contribution in [-0.4, -0.2) is 34.4 Å². The Morgan fingerprint density at radius 1 is 0.963 bits per heavy atom. The number of nitrogens with one attached hydrogen (secondary N) is 1. The van der Waals surface area contributed by atoms with E-state index in [0.717, 1.165) is 22.9 Å². The number of methoxy groups -OCH3 is 1. The first-order chi connectivity index (χ1) is 13.2. The van der Waals surface area contributed by atoms with E-state index in [1.54, 1.807) is 18.9 Å². The molecule has 0 bridgehead atoms. The molecule has 3 N–H and O–H groups in total. The maximum atomic E-state index is 5.80. The molecule has 3 rings (SSSR count). The molecule has 0 saturated heterocycles.